The average Bonchev–Trinajstić information content (AvgIpc) is 2.91. The molecule has 0 saturated carbocycles. The number of carboxylic acids is 1. The van der Waals surface area contributed by atoms with Crippen LogP contribution in [0.4, 0.5) is 0 Å². The summed E-state index contributed by atoms with van der Waals surface area (Å²) < 4.78 is 11.2. The number of ether oxygens (including phenoxy) is 2. The molecule has 20 heavy (non-hydrogen) atoms. The Morgan fingerprint density at radius 2 is 2.00 bits per heavy atom. The molecule has 0 radical (unpaired) electrons. The summed E-state index contributed by atoms with van der Waals surface area (Å²) in [5.41, 5.74) is 1.20. The van der Waals surface area contributed by atoms with E-state index in [1.807, 2.05) is 18.2 Å². The van der Waals surface area contributed by atoms with Crippen LogP contribution in [0.2, 0.25) is 0 Å². The van der Waals surface area contributed by atoms with Crippen LogP contribution in [0.3, 0.4) is 0 Å². The minimum absolute atomic E-state index is 0.463. The van der Waals surface area contributed by atoms with Crippen molar-refractivity contribution in [3.8, 4) is 0 Å². The minimum atomic E-state index is -0.904. The third-order valence-electron chi connectivity index (χ3n) is 4.07. The number of likely N-dealkylation sites (tertiary alicyclic amines) is 1. The standard InChI is InChI=1S/C15H19NO4/c17-14(18)13-11-16(10-12-4-2-1-3-5-12)7-6-15(13)19-8-9-20-15/h1-5,13H,6-11H2,(H,17,18). The number of hydrogen-bond donors (Lipinski definition) is 1. The van der Waals surface area contributed by atoms with Gasteiger partial charge in [-0.05, 0) is 5.56 Å². The Labute approximate surface area is 118 Å². The van der Waals surface area contributed by atoms with Gasteiger partial charge in [-0.15, -0.1) is 0 Å². The third-order valence-corrected chi connectivity index (χ3v) is 4.07. The number of nitrogens with zero attached hydrogens (tertiary/aromatic N) is 1. The molecule has 1 aromatic carbocycles. The van der Waals surface area contributed by atoms with Gasteiger partial charge in [0, 0.05) is 26.1 Å². The van der Waals surface area contributed by atoms with Crippen molar-refractivity contribution in [1.82, 2.24) is 4.90 Å². The Balaban J connectivity index is 1.70. The maximum absolute atomic E-state index is 11.5. The molecule has 1 aromatic rings. The smallest absolute Gasteiger partial charge is 0.313 e. The van der Waals surface area contributed by atoms with Crippen LogP contribution in [-0.2, 0) is 20.8 Å². The lowest BCUT2D eigenvalue weighted by atomic mass is 9.90. The minimum Gasteiger partial charge on any atom is -0.481 e. The highest BCUT2D eigenvalue weighted by Gasteiger charge is 2.51. The first kappa shape index (κ1) is 13.5. The quantitative estimate of drug-likeness (QED) is 0.903. The second-order valence-corrected chi connectivity index (χ2v) is 5.37. The zero-order valence-electron chi connectivity index (χ0n) is 11.3. The van der Waals surface area contributed by atoms with Gasteiger partial charge in [0.15, 0.2) is 5.79 Å². The molecule has 108 valence electrons. The topological polar surface area (TPSA) is 59.0 Å². The average molecular weight is 277 g/mol. The molecule has 2 saturated heterocycles. The summed E-state index contributed by atoms with van der Waals surface area (Å²) in [5.74, 6) is -2.37. The van der Waals surface area contributed by atoms with E-state index in [0.29, 0.717) is 26.2 Å². The number of aliphatic carboxylic acids is 1. The summed E-state index contributed by atoms with van der Waals surface area (Å²) in [5, 5.41) is 9.46. The Kier molecular flexibility index (Phi) is 3.74. The van der Waals surface area contributed by atoms with Crippen LogP contribution in [0.5, 0.6) is 0 Å². The van der Waals surface area contributed by atoms with Crippen molar-refractivity contribution in [2.75, 3.05) is 26.3 Å². The lowest BCUT2D eigenvalue weighted by Crippen LogP contribution is -2.55. The molecule has 3 rings (SSSR count). The molecule has 5 nitrogen and oxygen atoms in total. The van der Waals surface area contributed by atoms with Crippen LogP contribution >= 0.6 is 0 Å². The number of piperidine rings is 1. The van der Waals surface area contributed by atoms with Crippen molar-refractivity contribution < 1.29 is 19.4 Å². The first-order chi connectivity index (χ1) is 9.70. The van der Waals surface area contributed by atoms with Gasteiger partial charge in [-0.25, -0.2) is 0 Å². The van der Waals surface area contributed by atoms with Crippen LogP contribution in [0, 0.1) is 5.92 Å². The van der Waals surface area contributed by atoms with E-state index in [0.717, 1.165) is 13.1 Å². The molecular weight excluding hydrogens is 258 g/mol. The van der Waals surface area contributed by atoms with Gasteiger partial charge in [0.25, 0.3) is 0 Å². The lowest BCUT2D eigenvalue weighted by molar-refractivity contribution is -0.227. The van der Waals surface area contributed by atoms with Crippen molar-refractivity contribution >= 4 is 5.97 Å². The Morgan fingerprint density at radius 3 is 2.65 bits per heavy atom. The maximum Gasteiger partial charge on any atom is 0.313 e. The summed E-state index contributed by atoms with van der Waals surface area (Å²) >= 11 is 0. The summed E-state index contributed by atoms with van der Waals surface area (Å²) in [4.78, 5) is 13.7. The van der Waals surface area contributed by atoms with Crippen molar-refractivity contribution in [1.29, 1.82) is 0 Å². The highest BCUT2D eigenvalue weighted by Crippen LogP contribution is 2.36. The van der Waals surface area contributed by atoms with Gasteiger partial charge in [-0.2, -0.15) is 0 Å². The van der Waals surface area contributed by atoms with E-state index in [2.05, 4.69) is 17.0 Å². The second-order valence-electron chi connectivity index (χ2n) is 5.37. The zero-order valence-corrected chi connectivity index (χ0v) is 11.3. The molecule has 1 unspecified atom stereocenters. The van der Waals surface area contributed by atoms with E-state index < -0.39 is 17.7 Å². The number of carbonyl (C=O) groups is 1. The van der Waals surface area contributed by atoms with E-state index in [9.17, 15) is 9.90 Å². The van der Waals surface area contributed by atoms with Crippen molar-refractivity contribution in [3.63, 3.8) is 0 Å². The molecule has 1 N–H and O–H groups in total. The Bertz CT molecular complexity index is 470. The van der Waals surface area contributed by atoms with Gasteiger partial charge >= 0.3 is 5.97 Å². The fourth-order valence-corrected chi connectivity index (χ4v) is 3.04. The SMILES string of the molecule is O=C(O)C1CN(Cc2ccccc2)CCC12OCCO2. The van der Waals surface area contributed by atoms with Gasteiger partial charge < -0.3 is 14.6 Å². The summed E-state index contributed by atoms with van der Waals surface area (Å²) in [7, 11) is 0. The van der Waals surface area contributed by atoms with E-state index in [-0.39, 0.29) is 0 Å². The molecule has 5 heteroatoms. The third kappa shape index (κ3) is 2.57. The van der Waals surface area contributed by atoms with E-state index >= 15 is 0 Å². The van der Waals surface area contributed by atoms with E-state index in [1.165, 1.54) is 5.56 Å². The monoisotopic (exact) mass is 277 g/mol. The fourth-order valence-electron chi connectivity index (χ4n) is 3.04. The van der Waals surface area contributed by atoms with Gasteiger partial charge in [-0.3, -0.25) is 9.69 Å². The summed E-state index contributed by atoms with van der Waals surface area (Å²) in [6.07, 6.45) is 0.608. The van der Waals surface area contributed by atoms with Crippen LogP contribution in [0.15, 0.2) is 30.3 Å². The summed E-state index contributed by atoms with van der Waals surface area (Å²) in [6, 6.07) is 10.1. The largest absolute Gasteiger partial charge is 0.481 e. The van der Waals surface area contributed by atoms with Crippen LogP contribution in [0.1, 0.15) is 12.0 Å². The first-order valence-electron chi connectivity index (χ1n) is 6.97. The molecule has 2 heterocycles. The molecule has 1 spiro atoms. The number of hydrogen-bond acceptors (Lipinski definition) is 4. The second kappa shape index (κ2) is 5.52. The first-order valence-corrected chi connectivity index (χ1v) is 6.97. The van der Waals surface area contributed by atoms with E-state index in [1.54, 1.807) is 0 Å². The van der Waals surface area contributed by atoms with Crippen molar-refractivity contribution in [2.24, 2.45) is 5.92 Å². The number of carboxylic acid groups (broad SMARTS) is 1. The molecule has 0 bridgehead atoms. The van der Waals surface area contributed by atoms with Gasteiger partial charge in [-0.1, -0.05) is 30.3 Å². The molecule has 0 amide bonds. The molecule has 2 aliphatic rings. The fraction of sp³-hybridized carbons (Fsp3) is 0.533. The molecule has 0 aromatic heterocycles. The van der Waals surface area contributed by atoms with Crippen LogP contribution in [0.25, 0.3) is 0 Å². The van der Waals surface area contributed by atoms with Gasteiger partial charge in [0.1, 0.15) is 5.92 Å². The predicted octanol–water partition coefficient (Wildman–Crippen LogP) is 1.34. The van der Waals surface area contributed by atoms with Crippen molar-refractivity contribution in [3.05, 3.63) is 35.9 Å². The van der Waals surface area contributed by atoms with Crippen LogP contribution in [-0.4, -0.2) is 48.1 Å². The Hall–Kier alpha value is -1.43. The number of rotatable bonds is 3. The Morgan fingerprint density at radius 1 is 1.30 bits per heavy atom. The molecule has 2 aliphatic heterocycles. The van der Waals surface area contributed by atoms with Crippen molar-refractivity contribution in [2.45, 2.75) is 18.8 Å². The maximum atomic E-state index is 11.5. The molecular formula is C15H19NO4. The molecule has 2 fully saturated rings. The van der Waals surface area contributed by atoms with Gasteiger partial charge in [0.2, 0.25) is 0 Å². The van der Waals surface area contributed by atoms with Crippen LogP contribution < -0.4 is 0 Å². The normalized spacial score (nSPS) is 25.9. The van der Waals surface area contributed by atoms with E-state index in [4.69, 9.17) is 9.47 Å². The predicted molar refractivity (Wildman–Crippen MR) is 72.1 cm³/mol. The lowest BCUT2D eigenvalue weighted by Gasteiger charge is -2.42. The highest BCUT2D eigenvalue weighted by molar-refractivity contribution is 5.71. The molecule has 0 aliphatic carbocycles. The summed E-state index contributed by atoms with van der Waals surface area (Å²) in [6.45, 7) is 2.99. The highest BCUT2D eigenvalue weighted by atomic mass is 16.7. The van der Waals surface area contributed by atoms with Gasteiger partial charge in [0.05, 0.1) is 13.2 Å². The molecule has 1 atom stereocenters. The zero-order chi connectivity index (χ0) is 14.0. The number of benzene rings is 1.